The third-order valence-corrected chi connectivity index (χ3v) is 7.38. The predicted molar refractivity (Wildman–Crippen MR) is 122 cm³/mol. The van der Waals surface area contributed by atoms with Gasteiger partial charge in [-0.2, -0.15) is 0 Å². The van der Waals surface area contributed by atoms with E-state index in [0.717, 1.165) is 36.6 Å². The van der Waals surface area contributed by atoms with Crippen LogP contribution in [0.5, 0.6) is 0 Å². The SMILES string of the molecule is CN(C(=O)C1CC1)C(Cc1ccc(F)cc1F)C1CCN(C(=O)/C=C/c2cccs2)CC1. The Morgan fingerprint density at radius 3 is 2.56 bits per heavy atom. The van der Waals surface area contributed by atoms with Gasteiger partial charge in [-0.3, -0.25) is 9.59 Å². The van der Waals surface area contributed by atoms with E-state index in [1.165, 1.54) is 12.1 Å². The summed E-state index contributed by atoms with van der Waals surface area (Å²) in [5.41, 5.74) is 0.421. The highest BCUT2D eigenvalue weighted by molar-refractivity contribution is 7.10. The van der Waals surface area contributed by atoms with Gasteiger partial charge in [-0.1, -0.05) is 12.1 Å². The van der Waals surface area contributed by atoms with Crippen molar-refractivity contribution in [3.8, 4) is 0 Å². The van der Waals surface area contributed by atoms with Crippen molar-refractivity contribution < 1.29 is 18.4 Å². The molecule has 1 atom stereocenters. The number of amides is 2. The second kappa shape index (κ2) is 9.94. The monoisotopic (exact) mass is 458 g/mol. The average molecular weight is 459 g/mol. The van der Waals surface area contributed by atoms with Crippen LogP contribution in [0.1, 0.15) is 36.1 Å². The zero-order chi connectivity index (χ0) is 22.7. The molecule has 0 spiro atoms. The Kier molecular flexibility index (Phi) is 7.04. The summed E-state index contributed by atoms with van der Waals surface area (Å²) >= 11 is 1.58. The Morgan fingerprint density at radius 1 is 1.19 bits per heavy atom. The zero-order valence-electron chi connectivity index (χ0n) is 18.2. The number of nitrogens with zero attached hydrogens (tertiary/aromatic N) is 2. The van der Waals surface area contributed by atoms with Crippen LogP contribution in [0.4, 0.5) is 8.78 Å². The van der Waals surface area contributed by atoms with Gasteiger partial charge in [-0.15, -0.1) is 11.3 Å². The van der Waals surface area contributed by atoms with Gasteiger partial charge in [0.1, 0.15) is 11.6 Å². The Balaban J connectivity index is 1.43. The third kappa shape index (κ3) is 5.44. The summed E-state index contributed by atoms with van der Waals surface area (Å²) in [4.78, 5) is 30.0. The number of benzene rings is 1. The minimum atomic E-state index is -0.604. The van der Waals surface area contributed by atoms with E-state index >= 15 is 0 Å². The molecule has 1 aliphatic heterocycles. The van der Waals surface area contributed by atoms with Gasteiger partial charge in [0, 0.05) is 49.1 Å². The number of thiophene rings is 1. The van der Waals surface area contributed by atoms with Gasteiger partial charge in [-0.25, -0.2) is 8.78 Å². The lowest BCUT2D eigenvalue weighted by molar-refractivity contribution is -0.136. The fraction of sp³-hybridized carbons (Fsp3) is 0.440. The van der Waals surface area contributed by atoms with Crippen molar-refractivity contribution in [1.82, 2.24) is 9.80 Å². The molecule has 1 aromatic heterocycles. The molecule has 1 saturated carbocycles. The van der Waals surface area contributed by atoms with Crippen LogP contribution in [0.3, 0.4) is 0 Å². The molecule has 0 bridgehead atoms. The van der Waals surface area contributed by atoms with E-state index in [-0.39, 0.29) is 29.7 Å². The van der Waals surface area contributed by atoms with Crippen LogP contribution < -0.4 is 0 Å². The van der Waals surface area contributed by atoms with E-state index in [0.29, 0.717) is 25.1 Å². The molecule has 1 unspecified atom stereocenters. The minimum Gasteiger partial charge on any atom is -0.342 e. The molecule has 0 N–H and O–H groups in total. The van der Waals surface area contributed by atoms with E-state index in [4.69, 9.17) is 0 Å². The van der Waals surface area contributed by atoms with Crippen molar-refractivity contribution in [3.05, 3.63) is 63.9 Å². The highest BCUT2D eigenvalue weighted by Crippen LogP contribution is 2.34. The molecule has 2 aliphatic rings. The molecule has 4 nitrogen and oxygen atoms in total. The van der Waals surface area contributed by atoms with Gasteiger partial charge < -0.3 is 9.80 Å². The number of rotatable bonds is 7. The van der Waals surface area contributed by atoms with Gasteiger partial charge in [0.15, 0.2) is 0 Å². The smallest absolute Gasteiger partial charge is 0.246 e. The van der Waals surface area contributed by atoms with Crippen LogP contribution in [0.2, 0.25) is 0 Å². The highest BCUT2D eigenvalue weighted by Gasteiger charge is 2.38. The van der Waals surface area contributed by atoms with Crippen LogP contribution >= 0.6 is 11.3 Å². The maximum absolute atomic E-state index is 14.4. The summed E-state index contributed by atoms with van der Waals surface area (Å²) in [6.45, 7) is 1.21. The summed E-state index contributed by atoms with van der Waals surface area (Å²) < 4.78 is 27.7. The molecule has 170 valence electrons. The van der Waals surface area contributed by atoms with Crippen molar-refractivity contribution in [1.29, 1.82) is 0 Å². The van der Waals surface area contributed by atoms with Crippen molar-refractivity contribution >= 4 is 29.2 Å². The molecule has 2 aromatic rings. The molecular weight excluding hydrogens is 430 g/mol. The number of carbonyl (C=O) groups is 2. The van der Waals surface area contributed by atoms with Crippen LogP contribution in [-0.4, -0.2) is 47.8 Å². The van der Waals surface area contributed by atoms with E-state index in [1.54, 1.807) is 29.4 Å². The number of likely N-dealkylation sites (tertiary alicyclic amines) is 1. The Morgan fingerprint density at radius 2 is 1.94 bits per heavy atom. The van der Waals surface area contributed by atoms with Crippen molar-refractivity contribution in [2.24, 2.45) is 11.8 Å². The zero-order valence-corrected chi connectivity index (χ0v) is 19.0. The van der Waals surface area contributed by atoms with Crippen molar-refractivity contribution in [2.45, 2.75) is 38.1 Å². The Labute approximate surface area is 191 Å². The number of halogens is 2. The molecule has 1 aliphatic carbocycles. The second-order valence-corrected chi connectivity index (χ2v) is 9.72. The first-order valence-corrected chi connectivity index (χ1v) is 12.0. The lowest BCUT2D eigenvalue weighted by Gasteiger charge is -2.40. The molecule has 2 amide bonds. The normalized spacial score (nSPS) is 18.2. The third-order valence-electron chi connectivity index (χ3n) is 6.54. The van der Waals surface area contributed by atoms with E-state index in [1.807, 2.05) is 28.5 Å². The summed E-state index contributed by atoms with van der Waals surface area (Å²) in [7, 11) is 1.80. The minimum absolute atomic E-state index is 0.0135. The van der Waals surface area contributed by atoms with Crippen molar-refractivity contribution in [2.75, 3.05) is 20.1 Å². The predicted octanol–water partition coefficient (Wildman–Crippen LogP) is 4.76. The van der Waals surface area contributed by atoms with Gasteiger partial charge in [0.25, 0.3) is 0 Å². The lowest BCUT2D eigenvalue weighted by atomic mass is 9.84. The van der Waals surface area contributed by atoms with E-state index in [9.17, 15) is 18.4 Å². The Hall–Kier alpha value is -2.54. The van der Waals surface area contributed by atoms with Crippen LogP contribution in [0.15, 0.2) is 41.8 Å². The first kappa shape index (κ1) is 22.6. The first-order valence-electron chi connectivity index (χ1n) is 11.1. The fourth-order valence-electron chi connectivity index (χ4n) is 4.46. The summed E-state index contributed by atoms with van der Waals surface area (Å²) in [6, 6.07) is 7.37. The van der Waals surface area contributed by atoms with Crippen LogP contribution in [0.25, 0.3) is 6.08 Å². The van der Waals surface area contributed by atoms with Crippen LogP contribution in [-0.2, 0) is 16.0 Å². The van der Waals surface area contributed by atoms with Gasteiger partial charge in [0.05, 0.1) is 0 Å². The number of piperidine rings is 1. The molecule has 1 saturated heterocycles. The molecular formula is C25H28F2N2O2S. The summed E-state index contributed by atoms with van der Waals surface area (Å²) in [6.07, 6.45) is 7.09. The molecule has 4 rings (SSSR count). The molecule has 32 heavy (non-hydrogen) atoms. The maximum Gasteiger partial charge on any atom is 0.246 e. The Bertz CT molecular complexity index is 980. The van der Waals surface area contributed by atoms with Crippen molar-refractivity contribution in [3.63, 3.8) is 0 Å². The van der Waals surface area contributed by atoms with Gasteiger partial charge >= 0.3 is 0 Å². The van der Waals surface area contributed by atoms with E-state index in [2.05, 4.69) is 0 Å². The van der Waals surface area contributed by atoms with Crippen LogP contribution in [0, 0.1) is 23.5 Å². The summed E-state index contributed by atoms with van der Waals surface area (Å²) in [5.74, 6) is -0.862. The molecule has 7 heteroatoms. The number of hydrogen-bond acceptors (Lipinski definition) is 3. The largest absolute Gasteiger partial charge is 0.342 e. The van der Waals surface area contributed by atoms with Gasteiger partial charge in [-0.05, 0) is 67.2 Å². The first-order chi connectivity index (χ1) is 15.4. The number of hydrogen-bond donors (Lipinski definition) is 0. The number of carbonyl (C=O) groups excluding carboxylic acids is 2. The molecule has 2 heterocycles. The standard InChI is InChI=1S/C25H28F2N2O2S/c1-28(25(31)18-4-5-18)23(15-19-6-7-20(26)16-22(19)27)17-10-12-29(13-11-17)24(30)9-8-21-3-2-14-32-21/h2-3,6-9,14,16-18,23H,4-5,10-13,15H2,1H3/b9-8+. The summed E-state index contributed by atoms with van der Waals surface area (Å²) in [5, 5.41) is 1.97. The quantitative estimate of drug-likeness (QED) is 0.562. The molecule has 1 aromatic carbocycles. The molecule has 0 radical (unpaired) electrons. The van der Waals surface area contributed by atoms with Gasteiger partial charge in [0.2, 0.25) is 11.8 Å². The lowest BCUT2D eigenvalue weighted by Crippen LogP contribution is -2.48. The number of likely N-dealkylation sites (N-methyl/N-ethyl adjacent to an activating group) is 1. The maximum atomic E-state index is 14.4. The van der Waals surface area contributed by atoms with E-state index < -0.39 is 11.6 Å². The molecule has 2 fully saturated rings. The average Bonchev–Trinajstić information content (AvgIpc) is 3.51. The fourth-order valence-corrected chi connectivity index (χ4v) is 5.08. The topological polar surface area (TPSA) is 40.6 Å². The second-order valence-electron chi connectivity index (χ2n) is 8.74. The highest BCUT2D eigenvalue weighted by atomic mass is 32.1.